The molecule has 0 bridgehead atoms. The van der Waals surface area contributed by atoms with Gasteiger partial charge in [-0.1, -0.05) is 15.9 Å². The molecule has 1 rings (SSSR count). The molecule has 1 atom stereocenters. The maximum Gasteiger partial charge on any atom is 0.389 e. The summed E-state index contributed by atoms with van der Waals surface area (Å²) in [6.45, 7) is 4.32. The Kier molecular flexibility index (Phi) is 5.05. The second kappa shape index (κ2) is 5.77. The van der Waals surface area contributed by atoms with Crippen LogP contribution in [0.2, 0.25) is 0 Å². The Morgan fingerprint density at radius 2 is 2.11 bits per heavy atom. The van der Waals surface area contributed by atoms with E-state index >= 15 is 0 Å². The van der Waals surface area contributed by atoms with Crippen LogP contribution in [0, 0.1) is 0 Å². The first-order valence-electron chi connectivity index (χ1n) is 5.71. The van der Waals surface area contributed by atoms with E-state index in [9.17, 15) is 18.0 Å². The molecule has 0 aromatic carbocycles. The highest BCUT2D eigenvalue weighted by Gasteiger charge is 2.36. The lowest BCUT2D eigenvalue weighted by molar-refractivity contribution is -0.164. The van der Waals surface area contributed by atoms with Gasteiger partial charge in [-0.05, 0) is 13.8 Å². The van der Waals surface area contributed by atoms with Gasteiger partial charge in [0.25, 0.3) is 0 Å². The molecule has 3 nitrogen and oxygen atoms in total. The van der Waals surface area contributed by atoms with Crippen molar-refractivity contribution in [3.05, 3.63) is 0 Å². The van der Waals surface area contributed by atoms with Crippen LogP contribution in [0.1, 0.15) is 26.7 Å². The molecular weight excluding hydrogens is 315 g/mol. The van der Waals surface area contributed by atoms with Crippen molar-refractivity contribution < 1.29 is 22.7 Å². The first kappa shape index (κ1) is 15.8. The average Bonchev–Trinajstić information content (AvgIpc) is 2.22. The molecule has 1 aliphatic rings. The average molecular weight is 332 g/mol. The maximum atomic E-state index is 12.1. The Morgan fingerprint density at radius 3 is 2.61 bits per heavy atom. The predicted octanol–water partition coefficient (Wildman–Crippen LogP) is 2.73. The zero-order chi connectivity index (χ0) is 14.0. The molecule has 1 aliphatic heterocycles. The summed E-state index contributed by atoms with van der Waals surface area (Å²) in [7, 11) is 0. The van der Waals surface area contributed by atoms with Gasteiger partial charge >= 0.3 is 6.18 Å². The SMILES string of the molecule is CC1(C)CN(C(=O)CCC(F)(F)F)CC(CBr)O1. The van der Waals surface area contributed by atoms with Crippen LogP contribution in [0.5, 0.6) is 0 Å². The highest BCUT2D eigenvalue weighted by Crippen LogP contribution is 2.25. The summed E-state index contributed by atoms with van der Waals surface area (Å²) in [5.74, 6) is -0.463. The van der Waals surface area contributed by atoms with Gasteiger partial charge in [0.15, 0.2) is 0 Å². The predicted molar refractivity (Wildman–Crippen MR) is 64.6 cm³/mol. The molecule has 1 unspecified atom stereocenters. The van der Waals surface area contributed by atoms with Crippen molar-refractivity contribution in [3.63, 3.8) is 0 Å². The van der Waals surface area contributed by atoms with Gasteiger partial charge < -0.3 is 9.64 Å². The first-order valence-corrected chi connectivity index (χ1v) is 6.83. The van der Waals surface area contributed by atoms with Gasteiger partial charge in [-0.3, -0.25) is 4.79 Å². The third-order valence-electron chi connectivity index (χ3n) is 2.63. The van der Waals surface area contributed by atoms with Crippen LogP contribution in [0.25, 0.3) is 0 Å². The van der Waals surface area contributed by atoms with E-state index in [1.54, 1.807) is 0 Å². The van der Waals surface area contributed by atoms with Crippen LogP contribution in [0.4, 0.5) is 13.2 Å². The molecule has 7 heteroatoms. The molecule has 0 aromatic rings. The van der Waals surface area contributed by atoms with E-state index in [0.29, 0.717) is 18.4 Å². The second-order valence-electron chi connectivity index (χ2n) is 5.04. The van der Waals surface area contributed by atoms with E-state index in [4.69, 9.17) is 4.74 Å². The summed E-state index contributed by atoms with van der Waals surface area (Å²) < 4.78 is 41.9. The van der Waals surface area contributed by atoms with E-state index in [1.165, 1.54) is 4.90 Å². The molecule has 18 heavy (non-hydrogen) atoms. The number of alkyl halides is 4. The van der Waals surface area contributed by atoms with Gasteiger partial charge in [0.2, 0.25) is 5.91 Å². The molecule has 1 fully saturated rings. The zero-order valence-corrected chi connectivity index (χ0v) is 12.0. The van der Waals surface area contributed by atoms with Gasteiger partial charge in [-0.2, -0.15) is 13.2 Å². The number of rotatable bonds is 3. The molecule has 1 heterocycles. The third kappa shape index (κ3) is 5.14. The summed E-state index contributed by atoms with van der Waals surface area (Å²) in [6.07, 6.45) is -6.02. The van der Waals surface area contributed by atoms with E-state index in [0.717, 1.165) is 0 Å². The molecule has 0 saturated carbocycles. The lowest BCUT2D eigenvalue weighted by Crippen LogP contribution is -2.55. The smallest absolute Gasteiger partial charge is 0.368 e. The molecule has 106 valence electrons. The van der Waals surface area contributed by atoms with Crippen LogP contribution < -0.4 is 0 Å². The maximum absolute atomic E-state index is 12.1. The van der Waals surface area contributed by atoms with Crippen molar-refractivity contribution in [3.8, 4) is 0 Å². The molecule has 1 amide bonds. The molecule has 0 aliphatic carbocycles. The molecule has 0 radical (unpaired) electrons. The summed E-state index contributed by atoms with van der Waals surface area (Å²) in [4.78, 5) is 13.2. The number of hydrogen-bond acceptors (Lipinski definition) is 2. The fourth-order valence-corrected chi connectivity index (χ4v) is 2.31. The van der Waals surface area contributed by atoms with Gasteiger partial charge in [0, 0.05) is 24.8 Å². The minimum atomic E-state index is -4.29. The Hall–Kier alpha value is -0.300. The Bertz CT molecular complexity index is 307. The number of ether oxygens (including phenoxy) is 1. The number of carbonyl (C=O) groups excluding carboxylic acids is 1. The lowest BCUT2D eigenvalue weighted by Gasteiger charge is -2.42. The fraction of sp³-hybridized carbons (Fsp3) is 0.909. The lowest BCUT2D eigenvalue weighted by atomic mass is 10.0. The standard InChI is InChI=1S/C11H17BrF3NO2/c1-10(2)7-16(6-8(5-12)18-10)9(17)3-4-11(13,14)15/h8H,3-7H2,1-2H3. The molecule has 1 saturated heterocycles. The molecule has 0 N–H and O–H groups in total. The van der Waals surface area contributed by atoms with Crippen LogP contribution in [0.15, 0.2) is 0 Å². The van der Waals surface area contributed by atoms with Crippen molar-refractivity contribution in [1.82, 2.24) is 4.90 Å². The Balaban J connectivity index is 2.56. The summed E-state index contributed by atoms with van der Waals surface area (Å²) in [6, 6.07) is 0. The van der Waals surface area contributed by atoms with Crippen LogP contribution in [-0.4, -0.2) is 47.1 Å². The first-order chi connectivity index (χ1) is 8.13. The minimum absolute atomic E-state index is 0.177. The van der Waals surface area contributed by atoms with Crippen molar-refractivity contribution in [2.24, 2.45) is 0 Å². The minimum Gasteiger partial charge on any atom is -0.368 e. The number of morpholine rings is 1. The van der Waals surface area contributed by atoms with Gasteiger partial charge in [0.05, 0.1) is 18.1 Å². The number of hydrogen-bond donors (Lipinski definition) is 0. The van der Waals surface area contributed by atoms with E-state index in [1.807, 2.05) is 13.8 Å². The van der Waals surface area contributed by atoms with Crippen molar-refractivity contribution in [2.45, 2.75) is 44.6 Å². The van der Waals surface area contributed by atoms with Crippen molar-refractivity contribution in [1.29, 1.82) is 0 Å². The third-order valence-corrected chi connectivity index (χ3v) is 3.35. The molecule has 0 spiro atoms. The van der Waals surface area contributed by atoms with E-state index < -0.39 is 30.5 Å². The Morgan fingerprint density at radius 1 is 1.50 bits per heavy atom. The monoisotopic (exact) mass is 331 g/mol. The van der Waals surface area contributed by atoms with Gasteiger partial charge in [-0.15, -0.1) is 0 Å². The van der Waals surface area contributed by atoms with Gasteiger partial charge in [0.1, 0.15) is 0 Å². The normalized spacial score (nSPS) is 24.1. The van der Waals surface area contributed by atoms with Crippen LogP contribution >= 0.6 is 15.9 Å². The number of halogens is 4. The summed E-state index contributed by atoms with van der Waals surface area (Å²) in [5.41, 5.74) is -0.523. The number of carbonyl (C=O) groups is 1. The topological polar surface area (TPSA) is 29.5 Å². The largest absolute Gasteiger partial charge is 0.389 e. The number of amides is 1. The summed E-state index contributed by atoms with van der Waals surface area (Å²) >= 11 is 3.27. The fourth-order valence-electron chi connectivity index (χ4n) is 1.97. The van der Waals surface area contributed by atoms with Gasteiger partial charge in [-0.25, -0.2) is 0 Å². The Labute approximate surface area is 113 Å². The van der Waals surface area contributed by atoms with Crippen molar-refractivity contribution in [2.75, 3.05) is 18.4 Å². The quantitative estimate of drug-likeness (QED) is 0.744. The highest BCUT2D eigenvalue weighted by molar-refractivity contribution is 9.09. The second-order valence-corrected chi connectivity index (χ2v) is 5.69. The summed E-state index contributed by atoms with van der Waals surface area (Å²) in [5, 5.41) is 0.555. The van der Waals surface area contributed by atoms with Crippen LogP contribution in [0.3, 0.4) is 0 Å². The molecule has 0 aromatic heterocycles. The zero-order valence-electron chi connectivity index (χ0n) is 10.4. The molecular formula is C11H17BrF3NO2. The van der Waals surface area contributed by atoms with Crippen LogP contribution in [-0.2, 0) is 9.53 Å². The highest BCUT2D eigenvalue weighted by atomic mass is 79.9. The van der Waals surface area contributed by atoms with Crippen molar-refractivity contribution >= 4 is 21.8 Å². The van der Waals surface area contributed by atoms with E-state index in [-0.39, 0.29) is 6.10 Å². The number of nitrogens with zero attached hydrogens (tertiary/aromatic N) is 1. The van der Waals surface area contributed by atoms with E-state index in [2.05, 4.69) is 15.9 Å².